The van der Waals surface area contributed by atoms with E-state index in [1.165, 1.54) is 6.42 Å². The lowest BCUT2D eigenvalue weighted by molar-refractivity contribution is -0.138. The van der Waals surface area contributed by atoms with Gasteiger partial charge >= 0.3 is 0 Å². The van der Waals surface area contributed by atoms with E-state index in [1.807, 2.05) is 4.90 Å². The van der Waals surface area contributed by atoms with Crippen molar-refractivity contribution in [2.75, 3.05) is 52.5 Å². The van der Waals surface area contributed by atoms with Crippen LogP contribution in [0.15, 0.2) is 0 Å². The minimum atomic E-state index is -0.129. The van der Waals surface area contributed by atoms with Crippen LogP contribution in [0.2, 0.25) is 0 Å². The normalized spacial score (nSPS) is 25.8. The molecule has 1 unspecified atom stereocenters. The Morgan fingerprint density at radius 2 is 2.05 bits per heavy atom. The highest BCUT2D eigenvalue weighted by Crippen LogP contribution is 2.08. The van der Waals surface area contributed by atoms with Crippen molar-refractivity contribution in [3.05, 3.63) is 0 Å². The van der Waals surface area contributed by atoms with Gasteiger partial charge < -0.3 is 15.0 Å². The number of ether oxygens (including phenoxy) is 1. The smallest absolute Gasteiger partial charge is 0.242 e. The molecule has 0 aliphatic carbocycles. The van der Waals surface area contributed by atoms with Crippen LogP contribution in [0.25, 0.3) is 0 Å². The predicted octanol–water partition coefficient (Wildman–Crippen LogP) is 0.165. The lowest BCUT2D eigenvalue weighted by Gasteiger charge is -2.37. The first-order valence-corrected chi connectivity index (χ1v) is 7.49. The molecule has 2 rings (SSSR count). The number of morpholine rings is 1. The Hall–Kier alpha value is -0.650. The van der Waals surface area contributed by atoms with Crippen LogP contribution in [-0.4, -0.2) is 74.2 Å². The average Bonchev–Trinajstić information content (AvgIpc) is 2.46. The van der Waals surface area contributed by atoms with Crippen molar-refractivity contribution in [3.63, 3.8) is 0 Å². The highest BCUT2D eigenvalue weighted by Gasteiger charge is 2.28. The fraction of sp³-hybridized carbons (Fsp3) is 0.929. The minimum absolute atomic E-state index is 0.129. The summed E-state index contributed by atoms with van der Waals surface area (Å²) < 4.78 is 5.36. The Labute approximate surface area is 116 Å². The number of hydrogen-bond donors (Lipinski definition) is 1. The molecule has 2 heterocycles. The second-order valence-corrected chi connectivity index (χ2v) is 5.93. The van der Waals surface area contributed by atoms with Gasteiger partial charge in [0.25, 0.3) is 0 Å². The van der Waals surface area contributed by atoms with Crippen LogP contribution in [0.5, 0.6) is 0 Å². The first-order chi connectivity index (χ1) is 9.16. The third kappa shape index (κ3) is 4.44. The molecule has 0 radical (unpaired) electrons. The molecule has 1 N–H and O–H groups in total. The van der Waals surface area contributed by atoms with E-state index in [0.717, 1.165) is 45.2 Å². The van der Waals surface area contributed by atoms with Crippen LogP contribution in [0, 0.1) is 5.92 Å². The SMILES string of the molecule is CC(C)CCN1CCN(C(=O)C2COCCN2)CC1. The van der Waals surface area contributed by atoms with Crippen molar-refractivity contribution in [1.82, 2.24) is 15.1 Å². The van der Waals surface area contributed by atoms with Gasteiger partial charge in [-0.3, -0.25) is 9.69 Å². The number of amides is 1. The summed E-state index contributed by atoms with van der Waals surface area (Å²) in [6, 6.07) is -0.129. The van der Waals surface area contributed by atoms with Crippen molar-refractivity contribution in [2.45, 2.75) is 26.3 Å². The van der Waals surface area contributed by atoms with E-state index in [9.17, 15) is 4.79 Å². The van der Waals surface area contributed by atoms with Crippen LogP contribution in [0.4, 0.5) is 0 Å². The lowest BCUT2D eigenvalue weighted by Crippen LogP contribution is -2.57. The van der Waals surface area contributed by atoms with Crippen LogP contribution in [0.1, 0.15) is 20.3 Å². The first kappa shape index (κ1) is 14.8. The number of nitrogens with one attached hydrogen (secondary N) is 1. The van der Waals surface area contributed by atoms with Gasteiger partial charge in [-0.15, -0.1) is 0 Å². The molecule has 0 saturated carbocycles. The van der Waals surface area contributed by atoms with E-state index in [0.29, 0.717) is 13.2 Å². The van der Waals surface area contributed by atoms with Gasteiger partial charge in [-0.2, -0.15) is 0 Å². The summed E-state index contributed by atoms with van der Waals surface area (Å²) in [4.78, 5) is 16.7. The second kappa shape index (κ2) is 7.22. The van der Waals surface area contributed by atoms with E-state index in [2.05, 4.69) is 24.1 Å². The molecule has 5 nitrogen and oxygen atoms in total. The monoisotopic (exact) mass is 269 g/mol. The Morgan fingerprint density at radius 1 is 1.32 bits per heavy atom. The molecule has 0 bridgehead atoms. The summed E-state index contributed by atoms with van der Waals surface area (Å²) in [6.45, 7) is 11.4. The van der Waals surface area contributed by atoms with E-state index in [1.54, 1.807) is 0 Å². The van der Waals surface area contributed by atoms with Crippen molar-refractivity contribution in [3.8, 4) is 0 Å². The third-order valence-electron chi connectivity index (χ3n) is 3.93. The van der Waals surface area contributed by atoms with Crippen LogP contribution < -0.4 is 5.32 Å². The molecule has 0 aromatic carbocycles. The molecule has 0 spiro atoms. The largest absolute Gasteiger partial charge is 0.378 e. The van der Waals surface area contributed by atoms with Gasteiger partial charge in [0.2, 0.25) is 5.91 Å². The molecule has 2 aliphatic heterocycles. The maximum Gasteiger partial charge on any atom is 0.242 e. The standard InChI is InChI=1S/C14H27N3O2/c1-12(2)3-5-16-6-8-17(9-7-16)14(18)13-11-19-10-4-15-13/h12-13,15H,3-11H2,1-2H3. The van der Waals surface area contributed by atoms with Gasteiger partial charge in [0.1, 0.15) is 6.04 Å². The molecule has 0 aromatic rings. The molecule has 0 aromatic heterocycles. The molecule has 1 amide bonds. The number of carbonyl (C=O) groups is 1. The van der Waals surface area contributed by atoms with E-state index < -0.39 is 0 Å². The van der Waals surface area contributed by atoms with Crippen molar-refractivity contribution < 1.29 is 9.53 Å². The van der Waals surface area contributed by atoms with Gasteiger partial charge in [-0.05, 0) is 18.9 Å². The predicted molar refractivity (Wildman–Crippen MR) is 75.1 cm³/mol. The van der Waals surface area contributed by atoms with E-state index >= 15 is 0 Å². The summed E-state index contributed by atoms with van der Waals surface area (Å²) in [5.41, 5.74) is 0. The maximum atomic E-state index is 12.3. The number of hydrogen-bond acceptors (Lipinski definition) is 4. The quantitative estimate of drug-likeness (QED) is 0.790. The zero-order chi connectivity index (χ0) is 13.7. The Balaban J connectivity index is 1.71. The van der Waals surface area contributed by atoms with Gasteiger partial charge in [0.05, 0.1) is 13.2 Å². The van der Waals surface area contributed by atoms with Crippen molar-refractivity contribution >= 4 is 5.91 Å². The maximum absolute atomic E-state index is 12.3. The zero-order valence-electron chi connectivity index (χ0n) is 12.2. The topological polar surface area (TPSA) is 44.8 Å². The molecule has 2 fully saturated rings. The Morgan fingerprint density at radius 3 is 2.63 bits per heavy atom. The molecule has 5 heteroatoms. The zero-order valence-corrected chi connectivity index (χ0v) is 12.2. The fourth-order valence-corrected chi connectivity index (χ4v) is 2.58. The number of carbonyl (C=O) groups excluding carboxylic acids is 1. The second-order valence-electron chi connectivity index (χ2n) is 5.93. The number of rotatable bonds is 4. The van der Waals surface area contributed by atoms with Gasteiger partial charge in [0.15, 0.2) is 0 Å². The van der Waals surface area contributed by atoms with Gasteiger partial charge in [-0.1, -0.05) is 13.8 Å². The summed E-state index contributed by atoms with van der Waals surface area (Å²) in [5, 5.41) is 3.24. The molecule has 2 aliphatic rings. The molecule has 1 atom stereocenters. The molecule has 19 heavy (non-hydrogen) atoms. The molecule has 2 saturated heterocycles. The Kier molecular flexibility index (Phi) is 5.60. The highest BCUT2D eigenvalue weighted by molar-refractivity contribution is 5.82. The lowest BCUT2D eigenvalue weighted by atomic mass is 10.1. The third-order valence-corrected chi connectivity index (χ3v) is 3.93. The first-order valence-electron chi connectivity index (χ1n) is 7.49. The average molecular weight is 269 g/mol. The van der Waals surface area contributed by atoms with Crippen molar-refractivity contribution in [2.24, 2.45) is 5.92 Å². The summed E-state index contributed by atoms with van der Waals surface area (Å²) in [5.74, 6) is 0.964. The molecular formula is C14H27N3O2. The van der Waals surface area contributed by atoms with Crippen molar-refractivity contribution in [1.29, 1.82) is 0 Å². The summed E-state index contributed by atoms with van der Waals surface area (Å²) in [7, 11) is 0. The summed E-state index contributed by atoms with van der Waals surface area (Å²) in [6.07, 6.45) is 1.24. The number of piperazine rings is 1. The molecular weight excluding hydrogens is 242 g/mol. The fourth-order valence-electron chi connectivity index (χ4n) is 2.58. The van der Waals surface area contributed by atoms with Crippen LogP contribution in [-0.2, 0) is 9.53 Å². The Bertz CT molecular complexity index is 282. The van der Waals surface area contributed by atoms with Crippen LogP contribution >= 0.6 is 0 Å². The van der Waals surface area contributed by atoms with Crippen LogP contribution in [0.3, 0.4) is 0 Å². The van der Waals surface area contributed by atoms with Gasteiger partial charge in [-0.25, -0.2) is 0 Å². The molecule has 110 valence electrons. The van der Waals surface area contributed by atoms with Gasteiger partial charge in [0, 0.05) is 32.7 Å². The van der Waals surface area contributed by atoms with E-state index in [4.69, 9.17) is 4.74 Å². The minimum Gasteiger partial charge on any atom is -0.378 e. The highest BCUT2D eigenvalue weighted by atomic mass is 16.5. The number of nitrogens with zero attached hydrogens (tertiary/aromatic N) is 2. The van der Waals surface area contributed by atoms with E-state index in [-0.39, 0.29) is 11.9 Å². The summed E-state index contributed by atoms with van der Waals surface area (Å²) >= 11 is 0.